The summed E-state index contributed by atoms with van der Waals surface area (Å²) in [6.45, 7) is 5.50. The highest BCUT2D eigenvalue weighted by Gasteiger charge is 2.40. The molecule has 0 spiro atoms. The Morgan fingerprint density at radius 3 is 2.57 bits per heavy atom. The minimum Gasteiger partial charge on any atom is -0.493 e. The number of hydrogen-bond acceptors (Lipinski definition) is 6. The Balaban J connectivity index is 1.13. The molecule has 5 rings (SSSR count). The van der Waals surface area contributed by atoms with E-state index >= 15 is 0 Å². The first kappa shape index (κ1) is 25.0. The molecule has 2 fully saturated rings. The number of amides is 3. The number of piperidine rings is 2. The maximum absolute atomic E-state index is 13.0. The van der Waals surface area contributed by atoms with E-state index in [4.69, 9.17) is 4.74 Å². The summed E-state index contributed by atoms with van der Waals surface area (Å²) in [6.07, 6.45) is 3.04. The predicted octanol–water partition coefficient (Wildman–Crippen LogP) is 3.08. The van der Waals surface area contributed by atoms with Gasteiger partial charge in [-0.25, -0.2) is 0 Å². The Bertz CT molecular complexity index is 1240. The van der Waals surface area contributed by atoms with Gasteiger partial charge < -0.3 is 14.5 Å². The highest BCUT2D eigenvalue weighted by Crippen LogP contribution is 2.36. The molecule has 0 radical (unpaired) electrons. The van der Waals surface area contributed by atoms with Gasteiger partial charge in [-0.05, 0) is 63.4 Å². The van der Waals surface area contributed by atoms with Crippen molar-refractivity contribution in [2.75, 3.05) is 26.2 Å². The monoisotopic (exact) mass is 500 g/mol. The molecule has 8 nitrogen and oxygen atoms in total. The molecule has 8 heteroatoms. The summed E-state index contributed by atoms with van der Waals surface area (Å²) < 4.78 is 6.10. The van der Waals surface area contributed by atoms with E-state index in [0.717, 1.165) is 50.0 Å². The first-order valence-corrected chi connectivity index (χ1v) is 13.0. The summed E-state index contributed by atoms with van der Waals surface area (Å²) in [7, 11) is 0. The third-order valence-corrected chi connectivity index (χ3v) is 7.94. The number of hydrogen-bond donors (Lipinski definition) is 1. The van der Waals surface area contributed by atoms with Crippen LogP contribution in [0.4, 0.5) is 0 Å². The van der Waals surface area contributed by atoms with Crippen molar-refractivity contribution in [1.82, 2.24) is 15.1 Å². The molecule has 0 saturated carbocycles. The van der Waals surface area contributed by atoms with Crippen LogP contribution in [-0.2, 0) is 21.5 Å². The van der Waals surface area contributed by atoms with Crippen molar-refractivity contribution >= 4 is 17.7 Å². The van der Waals surface area contributed by atoms with Crippen LogP contribution in [0, 0.1) is 18.3 Å². The van der Waals surface area contributed by atoms with Crippen molar-refractivity contribution in [3.05, 3.63) is 64.7 Å². The normalized spacial score (nSPS) is 21.4. The fourth-order valence-electron chi connectivity index (χ4n) is 5.66. The summed E-state index contributed by atoms with van der Waals surface area (Å²) in [6, 6.07) is 15.7. The van der Waals surface area contributed by atoms with Crippen molar-refractivity contribution in [3.63, 3.8) is 0 Å². The zero-order valence-electron chi connectivity index (χ0n) is 21.2. The summed E-state index contributed by atoms with van der Waals surface area (Å²) in [5.41, 5.74) is 3.26. The molecule has 2 aromatic carbocycles. The van der Waals surface area contributed by atoms with Crippen LogP contribution in [0.15, 0.2) is 42.5 Å². The van der Waals surface area contributed by atoms with Crippen molar-refractivity contribution in [2.24, 2.45) is 0 Å². The molecule has 0 aliphatic carbocycles. The fourth-order valence-corrected chi connectivity index (χ4v) is 5.66. The largest absolute Gasteiger partial charge is 0.493 e. The number of imide groups is 1. The second-order valence-electron chi connectivity index (χ2n) is 10.3. The summed E-state index contributed by atoms with van der Waals surface area (Å²) in [5, 5.41) is 12.3. The van der Waals surface area contributed by atoms with Gasteiger partial charge in [-0.2, -0.15) is 5.26 Å². The average molecular weight is 501 g/mol. The van der Waals surface area contributed by atoms with Gasteiger partial charge in [-0.15, -0.1) is 0 Å². The molecular formula is C29H32N4O4. The number of rotatable bonds is 7. The van der Waals surface area contributed by atoms with Crippen LogP contribution in [0.25, 0.3) is 0 Å². The quantitative estimate of drug-likeness (QED) is 0.463. The van der Waals surface area contributed by atoms with Crippen LogP contribution >= 0.6 is 0 Å². The lowest BCUT2D eigenvalue weighted by Crippen LogP contribution is -2.52. The smallest absolute Gasteiger partial charge is 0.255 e. The summed E-state index contributed by atoms with van der Waals surface area (Å²) >= 11 is 0. The lowest BCUT2D eigenvalue weighted by Gasteiger charge is -2.37. The molecule has 2 saturated heterocycles. The standard InChI is InChI=1S/C29H32N4O4/c1-20-6-8-21(9-7-20)29(19-30)12-15-32(16-13-29)14-3-17-37-25-5-2-4-22-23(25)18-33(28(22)36)24-10-11-26(34)31-27(24)35/h2,4-9,24H,3,10-18H2,1H3,(H,31,34,35). The van der Waals surface area contributed by atoms with Crippen LogP contribution in [0.5, 0.6) is 5.75 Å². The molecule has 192 valence electrons. The number of nitrogens with one attached hydrogen (secondary N) is 1. The van der Waals surface area contributed by atoms with E-state index in [0.29, 0.717) is 30.9 Å². The molecule has 1 N–H and O–H groups in total. The summed E-state index contributed by atoms with van der Waals surface area (Å²) in [4.78, 5) is 40.7. The number of likely N-dealkylation sites (tertiary alicyclic amines) is 1. The van der Waals surface area contributed by atoms with Crippen molar-refractivity contribution in [3.8, 4) is 11.8 Å². The maximum atomic E-state index is 13.0. The minimum absolute atomic E-state index is 0.196. The van der Waals surface area contributed by atoms with Crippen LogP contribution in [0.3, 0.4) is 0 Å². The van der Waals surface area contributed by atoms with Gasteiger partial charge in [0.1, 0.15) is 11.8 Å². The molecular weight excluding hydrogens is 468 g/mol. The van der Waals surface area contributed by atoms with Gasteiger partial charge in [0, 0.05) is 24.1 Å². The maximum Gasteiger partial charge on any atom is 0.255 e. The first-order valence-electron chi connectivity index (χ1n) is 13.0. The molecule has 3 aliphatic heterocycles. The Morgan fingerprint density at radius 2 is 1.86 bits per heavy atom. The lowest BCUT2D eigenvalue weighted by molar-refractivity contribution is -0.136. The molecule has 3 heterocycles. The number of carbonyl (C=O) groups excluding carboxylic acids is 3. The van der Waals surface area contributed by atoms with Crippen molar-refractivity contribution < 1.29 is 19.1 Å². The summed E-state index contributed by atoms with van der Waals surface area (Å²) in [5.74, 6) is -0.235. The zero-order chi connectivity index (χ0) is 26.0. The van der Waals surface area contributed by atoms with E-state index in [2.05, 4.69) is 47.5 Å². The first-order chi connectivity index (χ1) is 17.9. The van der Waals surface area contributed by atoms with Gasteiger partial charge in [0.2, 0.25) is 11.8 Å². The van der Waals surface area contributed by atoms with Crippen LogP contribution < -0.4 is 10.1 Å². The predicted molar refractivity (Wildman–Crippen MR) is 137 cm³/mol. The molecule has 3 amide bonds. The van der Waals surface area contributed by atoms with Crippen LogP contribution in [0.2, 0.25) is 0 Å². The van der Waals surface area contributed by atoms with Gasteiger partial charge >= 0.3 is 0 Å². The van der Waals surface area contributed by atoms with Gasteiger partial charge in [-0.3, -0.25) is 19.7 Å². The zero-order valence-corrected chi connectivity index (χ0v) is 21.2. The fraction of sp³-hybridized carbons (Fsp3) is 0.448. The van der Waals surface area contributed by atoms with E-state index < -0.39 is 17.4 Å². The van der Waals surface area contributed by atoms with Gasteiger partial charge in [0.05, 0.1) is 24.6 Å². The molecule has 0 aromatic heterocycles. The molecule has 37 heavy (non-hydrogen) atoms. The third kappa shape index (κ3) is 4.96. The molecule has 1 unspecified atom stereocenters. The highest BCUT2D eigenvalue weighted by molar-refractivity contribution is 6.05. The number of carbonyl (C=O) groups is 3. The number of ether oxygens (including phenoxy) is 1. The molecule has 1 atom stereocenters. The number of benzene rings is 2. The average Bonchev–Trinajstić information content (AvgIpc) is 3.24. The molecule has 3 aliphatic rings. The van der Waals surface area contributed by atoms with E-state index in [9.17, 15) is 19.6 Å². The number of fused-ring (bicyclic) bond motifs is 1. The van der Waals surface area contributed by atoms with Crippen LogP contribution in [-0.4, -0.2) is 59.8 Å². The minimum atomic E-state index is -0.634. The third-order valence-electron chi connectivity index (χ3n) is 7.94. The Labute approximate surface area is 217 Å². The molecule has 2 aromatic rings. The lowest BCUT2D eigenvalue weighted by atomic mass is 9.74. The van der Waals surface area contributed by atoms with Crippen molar-refractivity contribution in [1.29, 1.82) is 5.26 Å². The van der Waals surface area contributed by atoms with E-state index in [1.54, 1.807) is 17.0 Å². The number of nitriles is 1. The highest BCUT2D eigenvalue weighted by atomic mass is 16.5. The second kappa shape index (κ2) is 10.3. The molecule has 0 bridgehead atoms. The van der Waals surface area contributed by atoms with Crippen molar-refractivity contribution in [2.45, 2.75) is 57.0 Å². The Morgan fingerprint density at radius 1 is 1.11 bits per heavy atom. The number of aryl methyl sites for hydroxylation is 1. The van der Waals surface area contributed by atoms with E-state index in [-0.39, 0.29) is 18.2 Å². The Hall–Kier alpha value is -3.70. The van der Waals surface area contributed by atoms with Gasteiger partial charge in [0.25, 0.3) is 5.91 Å². The van der Waals surface area contributed by atoms with Crippen LogP contribution in [0.1, 0.15) is 59.2 Å². The topological polar surface area (TPSA) is 103 Å². The SMILES string of the molecule is Cc1ccc(C2(C#N)CCN(CCCOc3cccc4c3CN(C3CCC(=O)NC3=O)C4=O)CC2)cc1. The Kier molecular flexibility index (Phi) is 6.98. The van der Waals surface area contributed by atoms with E-state index in [1.807, 2.05) is 6.07 Å². The second-order valence-corrected chi connectivity index (χ2v) is 10.3. The number of nitrogens with zero attached hydrogens (tertiary/aromatic N) is 3. The van der Waals surface area contributed by atoms with Gasteiger partial charge in [-0.1, -0.05) is 35.9 Å². The van der Waals surface area contributed by atoms with Gasteiger partial charge in [0.15, 0.2) is 0 Å². The van der Waals surface area contributed by atoms with E-state index in [1.165, 1.54) is 5.56 Å².